The Kier molecular flexibility index (Phi) is 5.77. The molecule has 1 saturated heterocycles. The molecule has 1 atom stereocenters. The zero-order valence-corrected chi connectivity index (χ0v) is 14.2. The summed E-state index contributed by atoms with van der Waals surface area (Å²) in [7, 11) is 0. The summed E-state index contributed by atoms with van der Waals surface area (Å²) in [6.45, 7) is 7.81. The molecule has 1 N–H and O–H groups in total. The normalized spacial score (nSPS) is 16.7. The van der Waals surface area contributed by atoms with Crippen molar-refractivity contribution in [3.63, 3.8) is 0 Å². The second-order valence-corrected chi connectivity index (χ2v) is 6.90. The molecule has 1 fully saturated rings. The van der Waals surface area contributed by atoms with E-state index in [1.54, 1.807) is 4.90 Å². The number of carbonyl (C=O) groups is 2. The van der Waals surface area contributed by atoms with Gasteiger partial charge in [-0.2, -0.15) is 0 Å². The van der Waals surface area contributed by atoms with Crippen LogP contribution in [0.4, 0.5) is 0 Å². The molecule has 23 heavy (non-hydrogen) atoms. The second-order valence-electron chi connectivity index (χ2n) is 6.90. The van der Waals surface area contributed by atoms with Gasteiger partial charge in [0, 0.05) is 24.9 Å². The van der Waals surface area contributed by atoms with Crippen LogP contribution in [-0.2, 0) is 20.7 Å². The number of benzene rings is 1. The lowest BCUT2D eigenvalue weighted by Crippen LogP contribution is -2.54. The molecule has 1 heterocycles. The average Bonchev–Trinajstić information content (AvgIpc) is 2.54. The maximum absolute atomic E-state index is 12.8. The molecule has 1 aromatic rings. The summed E-state index contributed by atoms with van der Waals surface area (Å²) in [5.74, 6) is -0.144. The molecule has 126 valence electrons. The van der Waals surface area contributed by atoms with Crippen LogP contribution < -0.4 is 5.32 Å². The van der Waals surface area contributed by atoms with E-state index in [0.29, 0.717) is 32.7 Å². The van der Waals surface area contributed by atoms with Gasteiger partial charge in [0.05, 0.1) is 13.2 Å². The van der Waals surface area contributed by atoms with E-state index in [4.69, 9.17) is 4.74 Å². The summed E-state index contributed by atoms with van der Waals surface area (Å²) in [4.78, 5) is 26.9. The Morgan fingerprint density at radius 2 is 1.78 bits per heavy atom. The average molecular weight is 318 g/mol. The van der Waals surface area contributed by atoms with Crippen LogP contribution in [0.25, 0.3) is 0 Å². The predicted molar refractivity (Wildman–Crippen MR) is 88.9 cm³/mol. The van der Waals surface area contributed by atoms with Crippen LogP contribution >= 0.6 is 0 Å². The maximum atomic E-state index is 12.8. The first kappa shape index (κ1) is 17.5. The van der Waals surface area contributed by atoms with Gasteiger partial charge in [0.25, 0.3) is 0 Å². The van der Waals surface area contributed by atoms with E-state index in [-0.39, 0.29) is 11.8 Å². The first-order chi connectivity index (χ1) is 10.9. The third kappa shape index (κ3) is 5.06. The minimum Gasteiger partial charge on any atom is -0.378 e. The molecule has 5 heteroatoms. The van der Waals surface area contributed by atoms with Crippen LogP contribution in [0.1, 0.15) is 26.3 Å². The van der Waals surface area contributed by atoms with E-state index in [9.17, 15) is 9.59 Å². The number of nitrogens with one attached hydrogen (secondary N) is 1. The van der Waals surface area contributed by atoms with Crippen molar-refractivity contribution in [3.05, 3.63) is 35.9 Å². The molecular formula is C18H26N2O3. The Labute approximate surface area is 138 Å². The van der Waals surface area contributed by atoms with Crippen molar-refractivity contribution < 1.29 is 14.3 Å². The molecular weight excluding hydrogens is 292 g/mol. The van der Waals surface area contributed by atoms with E-state index in [2.05, 4.69) is 5.32 Å². The highest BCUT2D eigenvalue weighted by Crippen LogP contribution is 2.15. The van der Waals surface area contributed by atoms with Crippen LogP contribution in [0.15, 0.2) is 30.3 Å². The minimum absolute atomic E-state index is 0.0326. The van der Waals surface area contributed by atoms with Crippen molar-refractivity contribution in [3.8, 4) is 0 Å². The lowest BCUT2D eigenvalue weighted by molar-refractivity contribution is -0.141. The van der Waals surface area contributed by atoms with E-state index in [0.717, 1.165) is 5.56 Å². The fourth-order valence-corrected chi connectivity index (χ4v) is 2.43. The molecule has 0 radical (unpaired) electrons. The number of hydrogen-bond acceptors (Lipinski definition) is 3. The smallest absolute Gasteiger partial charge is 0.245 e. The summed E-state index contributed by atoms with van der Waals surface area (Å²) in [5, 5.41) is 2.93. The number of carbonyl (C=O) groups excluding carboxylic acids is 2. The van der Waals surface area contributed by atoms with Crippen molar-refractivity contribution in [1.82, 2.24) is 10.2 Å². The van der Waals surface area contributed by atoms with Crippen molar-refractivity contribution in [2.45, 2.75) is 33.2 Å². The molecule has 1 aliphatic rings. The fourth-order valence-electron chi connectivity index (χ4n) is 2.43. The van der Waals surface area contributed by atoms with E-state index in [1.165, 1.54) is 0 Å². The van der Waals surface area contributed by atoms with Gasteiger partial charge in [-0.1, -0.05) is 51.1 Å². The number of ether oxygens (including phenoxy) is 1. The standard InChI is InChI=1S/C18H26N2O3/c1-18(2,3)17(22)19-15(13-14-7-5-4-6-8-14)16(21)20-9-11-23-12-10-20/h4-8,15H,9-13H2,1-3H3,(H,19,22)/t15-/m0/s1. The molecule has 0 aliphatic carbocycles. The van der Waals surface area contributed by atoms with Crippen LogP contribution in [-0.4, -0.2) is 49.1 Å². The third-order valence-corrected chi connectivity index (χ3v) is 3.89. The Balaban J connectivity index is 2.12. The number of nitrogens with zero attached hydrogens (tertiary/aromatic N) is 1. The van der Waals surface area contributed by atoms with Crippen molar-refractivity contribution in [2.75, 3.05) is 26.3 Å². The summed E-state index contributed by atoms with van der Waals surface area (Å²) in [6.07, 6.45) is 0.499. The molecule has 2 rings (SSSR count). The van der Waals surface area contributed by atoms with Gasteiger partial charge < -0.3 is 15.0 Å². The van der Waals surface area contributed by atoms with Gasteiger partial charge in [0.15, 0.2) is 0 Å². The molecule has 1 aliphatic heterocycles. The van der Waals surface area contributed by atoms with Crippen molar-refractivity contribution >= 4 is 11.8 Å². The quantitative estimate of drug-likeness (QED) is 0.918. The molecule has 1 aromatic carbocycles. The van der Waals surface area contributed by atoms with Gasteiger partial charge >= 0.3 is 0 Å². The van der Waals surface area contributed by atoms with Crippen molar-refractivity contribution in [2.24, 2.45) is 5.41 Å². The first-order valence-electron chi connectivity index (χ1n) is 8.09. The van der Waals surface area contributed by atoms with Gasteiger partial charge in [-0.25, -0.2) is 0 Å². The zero-order chi connectivity index (χ0) is 16.9. The van der Waals surface area contributed by atoms with Gasteiger partial charge in [-0.15, -0.1) is 0 Å². The SMILES string of the molecule is CC(C)(C)C(=O)N[C@@H](Cc1ccccc1)C(=O)N1CCOCC1. The topological polar surface area (TPSA) is 58.6 Å². The molecule has 0 saturated carbocycles. The van der Waals surface area contributed by atoms with Crippen molar-refractivity contribution in [1.29, 1.82) is 0 Å². The third-order valence-electron chi connectivity index (χ3n) is 3.89. The lowest BCUT2D eigenvalue weighted by atomic mass is 9.94. The number of rotatable bonds is 4. The molecule has 0 unspecified atom stereocenters. The predicted octanol–water partition coefficient (Wildman–Crippen LogP) is 1.62. The Hall–Kier alpha value is -1.88. The minimum atomic E-state index is -0.540. The molecule has 0 spiro atoms. The molecule has 5 nitrogen and oxygen atoms in total. The highest BCUT2D eigenvalue weighted by Gasteiger charge is 2.30. The van der Waals surface area contributed by atoms with E-state index >= 15 is 0 Å². The number of amides is 2. The summed E-state index contributed by atoms with van der Waals surface area (Å²) in [6, 6.07) is 9.23. The largest absolute Gasteiger partial charge is 0.378 e. The monoisotopic (exact) mass is 318 g/mol. The zero-order valence-electron chi connectivity index (χ0n) is 14.2. The van der Waals surface area contributed by atoms with Crippen LogP contribution in [0.2, 0.25) is 0 Å². The maximum Gasteiger partial charge on any atom is 0.245 e. The van der Waals surface area contributed by atoms with E-state index < -0.39 is 11.5 Å². The summed E-state index contributed by atoms with van der Waals surface area (Å²) < 4.78 is 5.30. The van der Waals surface area contributed by atoms with Crippen LogP contribution in [0.5, 0.6) is 0 Å². The van der Waals surface area contributed by atoms with E-state index in [1.807, 2.05) is 51.1 Å². The van der Waals surface area contributed by atoms with Gasteiger partial charge in [-0.05, 0) is 5.56 Å². The Bertz CT molecular complexity index is 531. The highest BCUT2D eigenvalue weighted by atomic mass is 16.5. The van der Waals surface area contributed by atoms with Gasteiger partial charge in [-0.3, -0.25) is 9.59 Å². The number of morpholine rings is 1. The second kappa shape index (κ2) is 7.59. The summed E-state index contributed by atoms with van der Waals surface area (Å²) >= 11 is 0. The Morgan fingerprint density at radius 3 is 2.35 bits per heavy atom. The van der Waals surface area contributed by atoms with Crippen LogP contribution in [0, 0.1) is 5.41 Å². The fraction of sp³-hybridized carbons (Fsp3) is 0.556. The highest BCUT2D eigenvalue weighted by molar-refractivity contribution is 5.89. The molecule has 0 aromatic heterocycles. The van der Waals surface area contributed by atoms with Gasteiger partial charge in [0.2, 0.25) is 11.8 Å². The first-order valence-corrected chi connectivity index (χ1v) is 8.09. The molecule has 0 bridgehead atoms. The van der Waals surface area contributed by atoms with Crippen LogP contribution in [0.3, 0.4) is 0 Å². The lowest BCUT2D eigenvalue weighted by Gasteiger charge is -2.32. The molecule has 2 amide bonds. The number of hydrogen-bond donors (Lipinski definition) is 1. The Morgan fingerprint density at radius 1 is 1.17 bits per heavy atom. The van der Waals surface area contributed by atoms with Gasteiger partial charge in [0.1, 0.15) is 6.04 Å². The summed E-state index contributed by atoms with van der Waals surface area (Å²) in [5.41, 5.74) is 0.508.